The van der Waals surface area contributed by atoms with Gasteiger partial charge in [0, 0.05) is 19.7 Å². The maximum atomic E-state index is 11.2. The zero-order valence-electron chi connectivity index (χ0n) is 11.4. The fourth-order valence-electron chi connectivity index (χ4n) is 1.71. The first-order chi connectivity index (χ1) is 8.45. The minimum atomic E-state index is -0.913. The number of nitrogens with zero attached hydrogens (tertiary/aromatic N) is 1. The van der Waals surface area contributed by atoms with Gasteiger partial charge in [0.1, 0.15) is 5.75 Å². The summed E-state index contributed by atoms with van der Waals surface area (Å²) in [5, 5.41) is 9.19. The van der Waals surface area contributed by atoms with Gasteiger partial charge in [-0.1, -0.05) is 13.8 Å². The average molecular weight is 251 g/mol. The zero-order chi connectivity index (χ0) is 13.7. The van der Waals surface area contributed by atoms with Crippen molar-refractivity contribution in [2.24, 2.45) is 5.92 Å². The predicted molar refractivity (Wildman–Crippen MR) is 72.7 cm³/mol. The summed E-state index contributed by atoms with van der Waals surface area (Å²) in [4.78, 5) is 13.2. The highest BCUT2D eigenvalue weighted by Crippen LogP contribution is 2.26. The number of methoxy groups -OCH3 is 1. The summed E-state index contributed by atoms with van der Waals surface area (Å²) in [6, 6.07) is 5.02. The summed E-state index contributed by atoms with van der Waals surface area (Å²) in [5.41, 5.74) is 1.00. The number of rotatable bonds is 6. The number of carbonyl (C=O) groups is 1. The van der Waals surface area contributed by atoms with Crippen molar-refractivity contribution in [1.82, 2.24) is 0 Å². The van der Waals surface area contributed by atoms with Crippen LogP contribution >= 0.6 is 0 Å². The van der Waals surface area contributed by atoms with E-state index in [-0.39, 0.29) is 0 Å². The Kier molecular flexibility index (Phi) is 5.01. The second-order valence-corrected chi connectivity index (χ2v) is 4.79. The molecular weight excluding hydrogens is 230 g/mol. The van der Waals surface area contributed by atoms with Crippen LogP contribution in [0.25, 0.3) is 0 Å². The monoisotopic (exact) mass is 251 g/mol. The van der Waals surface area contributed by atoms with E-state index in [0.29, 0.717) is 22.9 Å². The summed E-state index contributed by atoms with van der Waals surface area (Å²) in [5.74, 6) is 0.349. The molecule has 0 spiro atoms. The summed E-state index contributed by atoms with van der Waals surface area (Å²) in [6.45, 7) is 5.13. The van der Waals surface area contributed by atoms with Gasteiger partial charge >= 0.3 is 5.97 Å². The molecule has 0 aliphatic heterocycles. The van der Waals surface area contributed by atoms with Gasteiger partial charge in [-0.3, -0.25) is 0 Å². The van der Waals surface area contributed by atoms with Crippen LogP contribution < -0.4 is 9.64 Å². The first kappa shape index (κ1) is 14.4. The molecule has 0 unspecified atom stereocenters. The van der Waals surface area contributed by atoms with Gasteiger partial charge in [0.15, 0.2) is 0 Å². The van der Waals surface area contributed by atoms with Gasteiger partial charge < -0.3 is 14.7 Å². The lowest BCUT2D eigenvalue weighted by Crippen LogP contribution is -2.22. The molecule has 0 amide bonds. The molecule has 18 heavy (non-hydrogen) atoms. The van der Waals surface area contributed by atoms with Crippen molar-refractivity contribution in [2.75, 3.05) is 25.6 Å². The van der Waals surface area contributed by atoms with Crippen LogP contribution in [0, 0.1) is 5.92 Å². The van der Waals surface area contributed by atoms with E-state index in [0.717, 1.165) is 13.0 Å². The van der Waals surface area contributed by atoms with Crippen LogP contribution in [0.15, 0.2) is 18.2 Å². The molecule has 0 saturated carbocycles. The second kappa shape index (κ2) is 6.28. The molecule has 0 fully saturated rings. The number of anilines is 1. The number of carboxylic acids is 1. The molecule has 1 aromatic carbocycles. The fraction of sp³-hybridized carbons (Fsp3) is 0.500. The lowest BCUT2D eigenvalue weighted by molar-refractivity contribution is 0.0697. The van der Waals surface area contributed by atoms with Gasteiger partial charge in [-0.15, -0.1) is 0 Å². The lowest BCUT2D eigenvalue weighted by atomic mass is 10.1. The van der Waals surface area contributed by atoms with Crippen LogP contribution in [0.3, 0.4) is 0 Å². The summed E-state index contributed by atoms with van der Waals surface area (Å²) >= 11 is 0. The van der Waals surface area contributed by atoms with Crippen molar-refractivity contribution < 1.29 is 14.6 Å². The van der Waals surface area contributed by atoms with Crippen molar-refractivity contribution in [3.05, 3.63) is 23.8 Å². The highest BCUT2D eigenvalue weighted by Gasteiger charge is 2.14. The van der Waals surface area contributed by atoms with E-state index < -0.39 is 5.97 Å². The van der Waals surface area contributed by atoms with E-state index >= 15 is 0 Å². The van der Waals surface area contributed by atoms with Crippen molar-refractivity contribution in [2.45, 2.75) is 20.3 Å². The normalized spacial score (nSPS) is 10.5. The van der Waals surface area contributed by atoms with Gasteiger partial charge in [0.2, 0.25) is 0 Å². The van der Waals surface area contributed by atoms with Crippen LogP contribution in [0.2, 0.25) is 0 Å². The molecule has 0 bridgehead atoms. The molecule has 1 rings (SSSR count). The molecule has 0 aromatic heterocycles. The Morgan fingerprint density at radius 3 is 2.61 bits per heavy atom. The largest absolute Gasteiger partial charge is 0.497 e. The minimum absolute atomic E-state index is 0.307. The summed E-state index contributed by atoms with van der Waals surface area (Å²) in [7, 11) is 3.48. The van der Waals surface area contributed by atoms with Gasteiger partial charge in [-0.2, -0.15) is 0 Å². The standard InChI is InChI=1S/C14H21NO3/c1-10(2)7-8-15(3)13-9-11(18-4)5-6-12(13)14(16)17/h5-6,9-10H,7-8H2,1-4H3,(H,16,17). The molecule has 4 nitrogen and oxygen atoms in total. The van der Waals surface area contributed by atoms with Crippen molar-refractivity contribution in [3.8, 4) is 5.75 Å². The molecule has 1 aromatic rings. The van der Waals surface area contributed by atoms with Crippen molar-refractivity contribution in [1.29, 1.82) is 0 Å². The molecule has 1 N–H and O–H groups in total. The Hall–Kier alpha value is -1.71. The average Bonchev–Trinajstić information content (AvgIpc) is 2.34. The van der Waals surface area contributed by atoms with Crippen LogP contribution in [-0.4, -0.2) is 31.8 Å². The number of hydrogen-bond acceptors (Lipinski definition) is 3. The van der Waals surface area contributed by atoms with Crippen LogP contribution in [-0.2, 0) is 0 Å². The van der Waals surface area contributed by atoms with E-state index in [1.165, 1.54) is 0 Å². The third kappa shape index (κ3) is 3.65. The number of carboxylic acid groups (broad SMARTS) is 1. The second-order valence-electron chi connectivity index (χ2n) is 4.79. The number of aromatic carboxylic acids is 1. The molecule has 0 aliphatic rings. The number of ether oxygens (including phenoxy) is 1. The molecule has 0 saturated heterocycles. The molecule has 100 valence electrons. The topological polar surface area (TPSA) is 49.8 Å². The Labute approximate surface area is 108 Å². The highest BCUT2D eigenvalue weighted by molar-refractivity contribution is 5.94. The van der Waals surface area contributed by atoms with Crippen LogP contribution in [0.5, 0.6) is 5.75 Å². The molecule has 0 aliphatic carbocycles. The van der Waals surface area contributed by atoms with Gasteiger partial charge in [-0.05, 0) is 24.5 Å². The van der Waals surface area contributed by atoms with Crippen LogP contribution in [0.4, 0.5) is 5.69 Å². The van der Waals surface area contributed by atoms with E-state index in [4.69, 9.17) is 4.74 Å². The van der Waals surface area contributed by atoms with Crippen molar-refractivity contribution >= 4 is 11.7 Å². The zero-order valence-corrected chi connectivity index (χ0v) is 11.4. The molecule has 4 heteroatoms. The Morgan fingerprint density at radius 2 is 2.11 bits per heavy atom. The Bertz CT molecular complexity index is 416. The van der Waals surface area contributed by atoms with Gasteiger partial charge in [-0.25, -0.2) is 4.79 Å². The third-order valence-corrected chi connectivity index (χ3v) is 2.89. The van der Waals surface area contributed by atoms with E-state index in [1.54, 1.807) is 25.3 Å². The van der Waals surface area contributed by atoms with Gasteiger partial charge in [0.25, 0.3) is 0 Å². The maximum Gasteiger partial charge on any atom is 0.337 e. The van der Waals surface area contributed by atoms with E-state index in [1.807, 2.05) is 11.9 Å². The molecular formula is C14H21NO3. The fourth-order valence-corrected chi connectivity index (χ4v) is 1.71. The van der Waals surface area contributed by atoms with Crippen molar-refractivity contribution in [3.63, 3.8) is 0 Å². The summed E-state index contributed by atoms with van der Waals surface area (Å²) < 4.78 is 5.15. The lowest BCUT2D eigenvalue weighted by Gasteiger charge is -2.22. The minimum Gasteiger partial charge on any atom is -0.497 e. The highest BCUT2D eigenvalue weighted by atomic mass is 16.5. The van der Waals surface area contributed by atoms with Crippen LogP contribution in [0.1, 0.15) is 30.6 Å². The molecule has 0 radical (unpaired) electrons. The first-order valence-electron chi connectivity index (χ1n) is 6.08. The number of hydrogen-bond donors (Lipinski definition) is 1. The SMILES string of the molecule is COc1ccc(C(=O)O)c(N(C)CCC(C)C)c1. The quantitative estimate of drug-likeness (QED) is 0.844. The first-order valence-corrected chi connectivity index (χ1v) is 6.08. The molecule has 0 atom stereocenters. The van der Waals surface area contributed by atoms with Gasteiger partial charge in [0.05, 0.1) is 18.4 Å². The van der Waals surface area contributed by atoms with E-state index in [2.05, 4.69) is 13.8 Å². The molecule has 0 heterocycles. The summed E-state index contributed by atoms with van der Waals surface area (Å²) in [6.07, 6.45) is 1.02. The van der Waals surface area contributed by atoms with E-state index in [9.17, 15) is 9.90 Å². The number of benzene rings is 1. The Balaban J connectivity index is 2.99. The predicted octanol–water partition coefficient (Wildman–Crippen LogP) is 2.88. The smallest absolute Gasteiger partial charge is 0.337 e. The Morgan fingerprint density at radius 1 is 1.44 bits per heavy atom. The maximum absolute atomic E-state index is 11.2. The third-order valence-electron chi connectivity index (χ3n) is 2.89.